The summed E-state index contributed by atoms with van der Waals surface area (Å²) in [7, 11) is 0. The van der Waals surface area contributed by atoms with Crippen molar-refractivity contribution < 1.29 is 0 Å². The van der Waals surface area contributed by atoms with Gasteiger partial charge in [0.25, 0.3) is 5.56 Å². The summed E-state index contributed by atoms with van der Waals surface area (Å²) >= 11 is 0. The molecule has 0 aromatic carbocycles. The maximum atomic E-state index is 11.2. The summed E-state index contributed by atoms with van der Waals surface area (Å²) in [5, 5.41) is 11.3. The number of nitrogens with one attached hydrogen (secondary N) is 2. The van der Waals surface area contributed by atoms with Crippen LogP contribution in [0.15, 0.2) is 34.3 Å². The molecule has 0 aliphatic heterocycles. The molecule has 2 aromatic heterocycles. The average Bonchev–Trinajstić information content (AvgIpc) is 2.35. The van der Waals surface area contributed by atoms with Gasteiger partial charge in [-0.05, 0) is 19.1 Å². The SMILES string of the molecule is Cc1nnc(N/N=C\c2ccccn2)[nH]c1=O. The number of aryl methyl sites for hydroxylation is 1. The fourth-order valence-corrected chi connectivity index (χ4v) is 1.06. The topological polar surface area (TPSA) is 95.9 Å². The molecule has 0 aliphatic rings. The Bertz CT molecular complexity index is 577. The monoisotopic (exact) mass is 230 g/mol. The van der Waals surface area contributed by atoms with Crippen molar-refractivity contribution in [3.05, 3.63) is 46.1 Å². The van der Waals surface area contributed by atoms with Crippen LogP contribution in [0.5, 0.6) is 0 Å². The van der Waals surface area contributed by atoms with Crippen molar-refractivity contribution in [1.82, 2.24) is 20.2 Å². The standard InChI is InChI=1S/C10H10N6O/c1-7-9(17)13-10(16-14-7)15-12-6-8-4-2-3-5-11-8/h2-6H,1H3,(H2,13,15,16,17)/b12-6-. The lowest BCUT2D eigenvalue weighted by Gasteiger charge is -1.97. The molecule has 17 heavy (non-hydrogen) atoms. The zero-order chi connectivity index (χ0) is 12.1. The minimum atomic E-state index is -0.296. The van der Waals surface area contributed by atoms with Gasteiger partial charge in [-0.25, -0.2) is 5.43 Å². The molecule has 7 nitrogen and oxygen atoms in total. The van der Waals surface area contributed by atoms with Gasteiger partial charge in [-0.15, -0.1) is 10.2 Å². The Morgan fingerprint density at radius 1 is 1.41 bits per heavy atom. The molecule has 2 rings (SSSR count). The highest BCUT2D eigenvalue weighted by molar-refractivity contribution is 5.77. The van der Waals surface area contributed by atoms with E-state index in [9.17, 15) is 4.79 Å². The Labute approximate surface area is 96.6 Å². The Morgan fingerprint density at radius 3 is 3.00 bits per heavy atom. The summed E-state index contributed by atoms with van der Waals surface area (Å²) < 4.78 is 0. The fourth-order valence-electron chi connectivity index (χ4n) is 1.06. The van der Waals surface area contributed by atoms with Crippen LogP contribution in [0.2, 0.25) is 0 Å². The number of aromatic nitrogens is 4. The van der Waals surface area contributed by atoms with Gasteiger partial charge in [0.2, 0.25) is 5.95 Å². The third-order valence-corrected chi connectivity index (χ3v) is 1.92. The molecule has 0 bridgehead atoms. The number of anilines is 1. The first-order valence-corrected chi connectivity index (χ1v) is 4.89. The van der Waals surface area contributed by atoms with Crippen molar-refractivity contribution in [1.29, 1.82) is 0 Å². The average molecular weight is 230 g/mol. The van der Waals surface area contributed by atoms with E-state index in [1.165, 1.54) is 6.21 Å². The van der Waals surface area contributed by atoms with Crippen molar-refractivity contribution in [3.63, 3.8) is 0 Å². The van der Waals surface area contributed by atoms with E-state index >= 15 is 0 Å². The summed E-state index contributed by atoms with van der Waals surface area (Å²) in [6, 6.07) is 5.46. The van der Waals surface area contributed by atoms with Gasteiger partial charge in [0.05, 0.1) is 11.9 Å². The molecule has 0 spiro atoms. The second-order valence-electron chi connectivity index (χ2n) is 3.21. The van der Waals surface area contributed by atoms with Crippen molar-refractivity contribution in [2.75, 3.05) is 5.43 Å². The zero-order valence-corrected chi connectivity index (χ0v) is 9.08. The molecule has 2 aromatic rings. The van der Waals surface area contributed by atoms with Crippen LogP contribution in [0.3, 0.4) is 0 Å². The third-order valence-electron chi connectivity index (χ3n) is 1.92. The highest BCUT2D eigenvalue weighted by Gasteiger charge is 1.97. The van der Waals surface area contributed by atoms with Gasteiger partial charge in [-0.1, -0.05) is 6.07 Å². The molecule has 0 amide bonds. The van der Waals surface area contributed by atoms with E-state index in [0.29, 0.717) is 11.4 Å². The number of hydrazone groups is 1. The number of hydrogen-bond donors (Lipinski definition) is 2. The Balaban J connectivity index is 2.05. The van der Waals surface area contributed by atoms with E-state index in [1.54, 1.807) is 19.2 Å². The predicted octanol–water partition coefficient (Wildman–Crippen LogP) is 0.314. The lowest BCUT2D eigenvalue weighted by atomic mass is 10.4. The summed E-state index contributed by atoms with van der Waals surface area (Å²) in [6.07, 6.45) is 3.18. The van der Waals surface area contributed by atoms with Crippen LogP contribution in [-0.4, -0.2) is 26.4 Å². The van der Waals surface area contributed by atoms with Crippen molar-refractivity contribution >= 4 is 12.2 Å². The van der Waals surface area contributed by atoms with E-state index in [1.807, 2.05) is 12.1 Å². The Kier molecular flexibility index (Phi) is 3.20. The van der Waals surface area contributed by atoms with E-state index in [-0.39, 0.29) is 11.5 Å². The van der Waals surface area contributed by atoms with E-state index < -0.39 is 0 Å². The maximum Gasteiger partial charge on any atom is 0.274 e. The van der Waals surface area contributed by atoms with Crippen LogP contribution < -0.4 is 11.0 Å². The van der Waals surface area contributed by atoms with Gasteiger partial charge < -0.3 is 0 Å². The number of aromatic amines is 1. The van der Waals surface area contributed by atoms with E-state index in [4.69, 9.17) is 0 Å². The summed E-state index contributed by atoms with van der Waals surface area (Å²) in [5.41, 5.74) is 3.27. The van der Waals surface area contributed by atoms with Gasteiger partial charge in [0.1, 0.15) is 5.69 Å². The van der Waals surface area contributed by atoms with Crippen LogP contribution in [0.25, 0.3) is 0 Å². The molecular weight excluding hydrogens is 220 g/mol. The zero-order valence-electron chi connectivity index (χ0n) is 9.08. The largest absolute Gasteiger partial charge is 0.288 e. The molecule has 0 fully saturated rings. The third kappa shape index (κ3) is 2.94. The molecular formula is C10H10N6O. The molecule has 0 aliphatic carbocycles. The van der Waals surface area contributed by atoms with Gasteiger partial charge in [-0.3, -0.25) is 14.8 Å². The summed E-state index contributed by atoms with van der Waals surface area (Å²) in [5.74, 6) is 0.188. The quantitative estimate of drug-likeness (QED) is 0.584. The van der Waals surface area contributed by atoms with Crippen LogP contribution in [0, 0.1) is 6.92 Å². The number of hydrogen-bond acceptors (Lipinski definition) is 6. The fraction of sp³-hybridized carbons (Fsp3) is 0.100. The van der Waals surface area contributed by atoms with Gasteiger partial charge in [-0.2, -0.15) is 5.10 Å². The van der Waals surface area contributed by atoms with Crippen molar-refractivity contribution in [2.24, 2.45) is 5.10 Å². The second kappa shape index (κ2) is 4.97. The highest BCUT2D eigenvalue weighted by Crippen LogP contribution is 1.92. The number of rotatable bonds is 3. The van der Waals surface area contributed by atoms with Crippen molar-refractivity contribution in [2.45, 2.75) is 6.92 Å². The Morgan fingerprint density at radius 2 is 2.29 bits per heavy atom. The lowest BCUT2D eigenvalue weighted by molar-refractivity contribution is 0.897. The van der Waals surface area contributed by atoms with Crippen molar-refractivity contribution in [3.8, 4) is 0 Å². The first kappa shape index (κ1) is 10.9. The minimum absolute atomic E-state index is 0.188. The molecule has 0 radical (unpaired) electrons. The molecule has 0 saturated carbocycles. The molecule has 0 saturated heterocycles. The van der Waals surface area contributed by atoms with Gasteiger partial charge >= 0.3 is 0 Å². The first-order valence-electron chi connectivity index (χ1n) is 4.89. The summed E-state index contributed by atoms with van der Waals surface area (Å²) in [4.78, 5) is 17.7. The predicted molar refractivity (Wildman–Crippen MR) is 62.8 cm³/mol. The van der Waals surface area contributed by atoms with E-state index in [0.717, 1.165) is 0 Å². The summed E-state index contributed by atoms with van der Waals surface area (Å²) in [6.45, 7) is 1.58. The lowest BCUT2D eigenvalue weighted by Crippen LogP contribution is -2.15. The molecule has 7 heteroatoms. The Hall–Kier alpha value is -2.57. The molecule has 2 N–H and O–H groups in total. The number of nitrogens with zero attached hydrogens (tertiary/aromatic N) is 4. The maximum absolute atomic E-state index is 11.2. The normalized spacial score (nSPS) is 10.6. The van der Waals surface area contributed by atoms with Crippen LogP contribution in [-0.2, 0) is 0 Å². The molecule has 0 unspecified atom stereocenters. The van der Waals surface area contributed by atoms with Gasteiger partial charge in [0.15, 0.2) is 0 Å². The van der Waals surface area contributed by atoms with Crippen LogP contribution in [0.4, 0.5) is 5.95 Å². The van der Waals surface area contributed by atoms with Crippen LogP contribution in [0.1, 0.15) is 11.4 Å². The second-order valence-corrected chi connectivity index (χ2v) is 3.21. The minimum Gasteiger partial charge on any atom is -0.288 e. The van der Waals surface area contributed by atoms with Gasteiger partial charge in [0, 0.05) is 6.20 Å². The molecule has 86 valence electrons. The van der Waals surface area contributed by atoms with E-state index in [2.05, 4.69) is 30.7 Å². The first-order chi connectivity index (χ1) is 8.25. The van der Waals surface area contributed by atoms with Crippen LogP contribution >= 0.6 is 0 Å². The smallest absolute Gasteiger partial charge is 0.274 e. The number of pyridine rings is 1. The molecule has 2 heterocycles. The number of H-pyrrole nitrogens is 1. The highest BCUT2D eigenvalue weighted by atomic mass is 16.1. The molecule has 0 atom stereocenters.